The summed E-state index contributed by atoms with van der Waals surface area (Å²) in [6, 6.07) is 21.2. The molecule has 2 aliphatic rings. The minimum Gasteiger partial charge on any atom is -0.350 e. The molecule has 170 valence electrons. The first kappa shape index (κ1) is 21.6. The number of rotatable bonds is 6. The van der Waals surface area contributed by atoms with E-state index in [1.165, 1.54) is 28.5 Å². The van der Waals surface area contributed by atoms with Crippen molar-refractivity contribution in [2.24, 2.45) is 0 Å². The molecule has 0 radical (unpaired) electrons. The summed E-state index contributed by atoms with van der Waals surface area (Å²) < 4.78 is 13.3. The van der Waals surface area contributed by atoms with E-state index in [-0.39, 0.29) is 29.2 Å². The quantitative estimate of drug-likeness (QED) is 0.560. The van der Waals surface area contributed by atoms with Gasteiger partial charge in [0.1, 0.15) is 5.82 Å². The van der Waals surface area contributed by atoms with Crippen molar-refractivity contribution < 1.29 is 14.0 Å². The minimum atomic E-state index is -0.389. The van der Waals surface area contributed by atoms with Crippen LogP contribution >= 0.6 is 0 Å². The Balaban J connectivity index is 1.30. The highest BCUT2D eigenvalue weighted by molar-refractivity contribution is 5.83. The van der Waals surface area contributed by atoms with Gasteiger partial charge in [0.05, 0.1) is 6.04 Å². The molecule has 33 heavy (non-hydrogen) atoms. The number of nitrogens with zero attached hydrogens (tertiary/aromatic N) is 1. The lowest BCUT2D eigenvalue weighted by molar-refractivity contribution is -0.132. The Morgan fingerprint density at radius 1 is 1.06 bits per heavy atom. The SMILES string of the molecule is O=C1CC[C@@](CCC(=O)N2CCC[C@@H]2c2ccc(F)cc2)(Cc2ccc3ccccc3c2)N1. The third-order valence-corrected chi connectivity index (χ3v) is 7.24. The van der Waals surface area contributed by atoms with Crippen LogP contribution in [0, 0.1) is 5.82 Å². The molecule has 2 saturated heterocycles. The van der Waals surface area contributed by atoms with Crippen molar-refractivity contribution in [2.45, 2.75) is 56.5 Å². The summed E-state index contributed by atoms with van der Waals surface area (Å²) >= 11 is 0. The topological polar surface area (TPSA) is 49.4 Å². The summed E-state index contributed by atoms with van der Waals surface area (Å²) in [6.45, 7) is 0.727. The number of likely N-dealkylation sites (tertiary alicyclic amines) is 1. The molecule has 0 spiro atoms. The highest BCUT2D eigenvalue weighted by Gasteiger charge is 2.39. The van der Waals surface area contributed by atoms with Gasteiger partial charge in [0, 0.05) is 24.9 Å². The van der Waals surface area contributed by atoms with Crippen molar-refractivity contribution in [2.75, 3.05) is 6.54 Å². The van der Waals surface area contributed by atoms with Crippen molar-refractivity contribution in [3.05, 3.63) is 83.7 Å². The normalized spacial score (nSPS) is 22.6. The fourth-order valence-electron chi connectivity index (χ4n) is 5.51. The van der Waals surface area contributed by atoms with Crippen molar-refractivity contribution in [1.29, 1.82) is 0 Å². The highest BCUT2D eigenvalue weighted by Crippen LogP contribution is 2.35. The van der Waals surface area contributed by atoms with Gasteiger partial charge < -0.3 is 10.2 Å². The van der Waals surface area contributed by atoms with Crippen molar-refractivity contribution in [3.63, 3.8) is 0 Å². The van der Waals surface area contributed by atoms with E-state index in [1.807, 2.05) is 17.0 Å². The van der Waals surface area contributed by atoms with Gasteiger partial charge >= 0.3 is 0 Å². The van der Waals surface area contributed by atoms with Crippen LogP contribution in [0.5, 0.6) is 0 Å². The number of halogens is 1. The van der Waals surface area contributed by atoms with Gasteiger partial charge in [-0.1, -0.05) is 54.6 Å². The number of fused-ring (bicyclic) bond motifs is 1. The molecule has 4 nitrogen and oxygen atoms in total. The molecule has 0 aliphatic carbocycles. The van der Waals surface area contributed by atoms with E-state index in [1.54, 1.807) is 12.1 Å². The lowest BCUT2D eigenvalue weighted by Crippen LogP contribution is -2.44. The number of hydrogen-bond acceptors (Lipinski definition) is 2. The second-order valence-corrected chi connectivity index (χ2v) is 9.48. The van der Waals surface area contributed by atoms with Crippen LogP contribution in [0.25, 0.3) is 10.8 Å². The zero-order chi connectivity index (χ0) is 22.8. The summed E-state index contributed by atoms with van der Waals surface area (Å²) in [5, 5.41) is 5.59. The maximum absolute atomic E-state index is 13.3. The molecule has 2 fully saturated rings. The van der Waals surface area contributed by atoms with Crippen molar-refractivity contribution in [1.82, 2.24) is 10.2 Å². The molecule has 2 atom stereocenters. The fourth-order valence-corrected chi connectivity index (χ4v) is 5.51. The lowest BCUT2D eigenvalue weighted by Gasteiger charge is -2.31. The maximum atomic E-state index is 13.3. The van der Waals surface area contributed by atoms with E-state index in [0.717, 1.165) is 37.8 Å². The third-order valence-electron chi connectivity index (χ3n) is 7.24. The Hall–Kier alpha value is -3.21. The second-order valence-electron chi connectivity index (χ2n) is 9.48. The maximum Gasteiger partial charge on any atom is 0.223 e. The van der Waals surface area contributed by atoms with E-state index in [9.17, 15) is 14.0 Å². The number of nitrogens with one attached hydrogen (secondary N) is 1. The largest absolute Gasteiger partial charge is 0.350 e. The molecule has 5 heteroatoms. The van der Waals surface area contributed by atoms with Crippen LogP contribution in [0.1, 0.15) is 55.7 Å². The predicted octanol–water partition coefficient (Wildman–Crippen LogP) is 5.31. The highest BCUT2D eigenvalue weighted by atomic mass is 19.1. The Morgan fingerprint density at radius 3 is 2.61 bits per heavy atom. The van der Waals surface area contributed by atoms with E-state index in [4.69, 9.17) is 0 Å². The van der Waals surface area contributed by atoms with Crippen molar-refractivity contribution >= 4 is 22.6 Å². The molecule has 0 bridgehead atoms. The molecule has 2 amide bonds. The fraction of sp³-hybridized carbons (Fsp3) is 0.357. The molecular weight excluding hydrogens is 415 g/mol. The van der Waals surface area contributed by atoms with Gasteiger partial charge in [-0.05, 0) is 66.1 Å². The van der Waals surface area contributed by atoms with Gasteiger partial charge in [-0.25, -0.2) is 4.39 Å². The predicted molar refractivity (Wildman–Crippen MR) is 127 cm³/mol. The summed E-state index contributed by atoms with van der Waals surface area (Å²) in [5.41, 5.74) is 1.77. The summed E-state index contributed by atoms with van der Waals surface area (Å²) in [4.78, 5) is 27.4. The van der Waals surface area contributed by atoms with E-state index >= 15 is 0 Å². The number of benzene rings is 3. The van der Waals surface area contributed by atoms with E-state index < -0.39 is 0 Å². The minimum absolute atomic E-state index is 0.00714. The van der Waals surface area contributed by atoms with Crippen LogP contribution < -0.4 is 5.32 Å². The van der Waals surface area contributed by atoms with Crippen molar-refractivity contribution in [3.8, 4) is 0 Å². The molecule has 0 saturated carbocycles. The van der Waals surface area contributed by atoms with Crippen LogP contribution in [-0.4, -0.2) is 28.8 Å². The Bertz CT molecular complexity index is 1180. The van der Waals surface area contributed by atoms with E-state index in [0.29, 0.717) is 19.3 Å². The lowest BCUT2D eigenvalue weighted by atomic mass is 9.84. The Labute approximate surface area is 193 Å². The van der Waals surface area contributed by atoms with E-state index in [2.05, 4.69) is 35.6 Å². The zero-order valence-corrected chi connectivity index (χ0v) is 18.7. The first-order valence-corrected chi connectivity index (χ1v) is 11.9. The molecular formula is C28H29FN2O2. The first-order valence-electron chi connectivity index (χ1n) is 11.9. The van der Waals surface area contributed by atoms with Crippen LogP contribution in [0.4, 0.5) is 4.39 Å². The average molecular weight is 445 g/mol. The van der Waals surface area contributed by atoms with Gasteiger partial charge in [0.2, 0.25) is 11.8 Å². The number of carbonyl (C=O) groups is 2. The molecule has 3 aromatic carbocycles. The van der Waals surface area contributed by atoms with Crippen LogP contribution in [0.3, 0.4) is 0 Å². The monoisotopic (exact) mass is 444 g/mol. The number of amides is 2. The van der Waals surface area contributed by atoms with Crippen LogP contribution in [-0.2, 0) is 16.0 Å². The molecule has 2 heterocycles. The zero-order valence-electron chi connectivity index (χ0n) is 18.7. The van der Waals surface area contributed by atoms with Gasteiger partial charge in [0.25, 0.3) is 0 Å². The molecule has 0 aromatic heterocycles. The van der Waals surface area contributed by atoms with Gasteiger partial charge in [-0.2, -0.15) is 0 Å². The average Bonchev–Trinajstić information content (AvgIpc) is 3.45. The molecule has 1 N–H and O–H groups in total. The smallest absolute Gasteiger partial charge is 0.223 e. The van der Waals surface area contributed by atoms with Crippen LogP contribution in [0.2, 0.25) is 0 Å². The third kappa shape index (κ3) is 4.63. The summed E-state index contributed by atoms with van der Waals surface area (Å²) in [6.07, 6.45) is 4.83. The molecule has 2 aliphatic heterocycles. The van der Waals surface area contributed by atoms with Crippen LogP contribution in [0.15, 0.2) is 66.7 Å². The Morgan fingerprint density at radius 2 is 1.85 bits per heavy atom. The molecule has 3 aromatic rings. The molecule has 5 rings (SSSR count). The van der Waals surface area contributed by atoms with Gasteiger partial charge in [0.15, 0.2) is 0 Å². The van der Waals surface area contributed by atoms with Gasteiger partial charge in [-0.15, -0.1) is 0 Å². The second kappa shape index (κ2) is 8.97. The number of carbonyl (C=O) groups excluding carboxylic acids is 2. The summed E-state index contributed by atoms with van der Waals surface area (Å²) in [7, 11) is 0. The Kier molecular flexibility index (Phi) is 5.88. The standard InChI is InChI=1S/C28H29FN2O2/c29-24-11-9-22(10-12-24)25-6-3-17-31(25)27(33)14-16-28(15-13-26(32)30-28)19-20-7-8-21-4-1-2-5-23(21)18-20/h1-2,4-5,7-12,18,25H,3,6,13-17,19H2,(H,30,32)/t25-,28-/m1/s1. The number of hydrogen-bond donors (Lipinski definition) is 1. The van der Waals surface area contributed by atoms with Gasteiger partial charge in [-0.3, -0.25) is 9.59 Å². The first-order chi connectivity index (χ1) is 16.0. The molecule has 0 unspecified atom stereocenters. The summed E-state index contributed by atoms with van der Waals surface area (Å²) in [5.74, 6) is -0.0864.